The van der Waals surface area contributed by atoms with Crippen molar-refractivity contribution < 1.29 is 5.11 Å². The molecule has 0 aromatic carbocycles. The molecule has 1 unspecified atom stereocenters. The van der Waals surface area contributed by atoms with Gasteiger partial charge in [-0.1, -0.05) is 6.92 Å². The monoisotopic (exact) mass is 243 g/mol. The maximum Gasteiger partial charge on any atom is 0.0446 e. The summed E-state index contributed by atoms with van der Waals surface area (Å²) in [5.41, 5.74) is 0. The van der Waals surface area contributed by atoms with Crippen LogP contribution in [-0.4, -0.2) is 73.9 Å². The molecule has 1 atom stereocenters. The summed E-state index contributed by atoms with van der Waals surface area (Å²) >= 11 is 0. The summed E-state index contributed by atoms with van der Waals surface area (Å²) in [7, 11) is 4.20. The van der Waals surface area contributed by atoms with Crippen LogP contribution in [0.4, 0.5) is 0 Å². The van der Waals surface area contributed by atoms with Crippen LogP contribution in [0.25, 0.3) is 0 Å². The fourth-order valence-corrected chi connectivity index (χ4v) is 2.66. The molecule has 0 spiro atoms. The Hall–Kier alpha value is -0.160. The van der Waals surface area contributed by atoms with E-state index in [2.05, 4.69) is 29.1 Å². The van der Waals surface area contributed by atoms with Gasteiger partial charge in [-0.05, 0) is 53.0 Å². The van der Waals surface area contributed by atoms with Crippen LogP contribution in [0.2, 0.25) is 0 Å². The van der Waals surface area contributed by atoms with E-state index >= 15 is 0 Å². The van der Waals surface area contributed by atoms with Gasteiger partial charge in [0.05, 0.1) is 0 Å². The molecule has 2 N–H and O–H groups in total. The van der Waals surface area contributed by atoms with E-state index < -0.39 is 0 Å². The van der Waals surface area contributed by atoms with Crippen molar-refractivity contribution in [2.45, 2.75) is 38.3 Å². The van der Waals surface area contributed by atoms with Gasteiger partial charge in [0, 0.05) is 25.2 Å². The van der Waals surface area contributed by atoms with Gasteiger partial charge in [-0.25, -0.2) is 0 Å². The number of aliphatic hydroxyl groups excluding tert-OH is 1. The van der Waals surface area contributed by atoms with Gasteiger partial charge in [0.1, 0.15) is 0 Å². The quantitative estimate of drug-likeness (QED) is 0.678. The number of hydrogen-bond donors (Lipinski definition) is 2. The van der Waals surface area contributed by atoms with Gasteiger partial charge in [0.25, 0.3) is 0 Å². The molecule has 0 aromatic rings. The molecule has 1 fully saturated rings. The molecule has 4 nitrogen and oxygen atoms in total. The zero-order valence-electron chi connectivity index (χ0n) is 11.7. The summed E-state index contributed by atoms with van der Waals surface area (Å²) in [6.45, 7) is 7.19. The molecule has 17 heavy (non-hydrogen) atoms. The van der Waals surface area contributed by atoms with Gasteiger partial charge in [0.2, 0.25) is 0 Å². The van der Waals surface area contributed by atoms with Gasteiger partial charge in [0.15, 0.2) is 0 Å². The van der Waals surface area contributed by atoms with Crippen molar-refractivity contribution in [1.29, 1.82) is 0 Å². The highest BCUT2D eigenvalue weighted by molar-refractivity contribution is 4.80. The van der Waals surface area contributed by atoms with Crippen molar-refractivity contribution in [1.82, 2.24) is 15.1 Å². The van der Waals surface area contributed by atoms with Gasteiger partial charge in [-0.15, -0.1) is 0 Å². The van der Waals surface area contributed by atoms with Gasteiger partial charge >= 0.3 is 0 Å². The van der Waals surface area contributed by atoms with Crippen molar-refractivity contribution in [3.63, 3.8) is 0 Å². The van der Waals surface area contributed by atoms with Crippen LogP contribution in [0.15, 0.2) is 0 Å². The van der Waals surface area contributed by atoms with Crippen molar-refractivity contribution in [2.75, 3.05) is 46.9 Å². The number of piperidine rings is 1. The average molecular weight is 243 g/mol. The molecule has 1 aliphatic heterocycles. The molecular formula is C13H29N3O. The van der Waals surface area contributed by atoms with Gasteiger partial charge in [-0.3, -0.25) is 0 Å². The maximum atomic E-state index is 8.99. The topological polar surface area (TPSA) is 38.7 Å². The highest BCUT2D eigenvalue weighted by atomic mass is 16.3. The third-order valence-corrected chi connectivity index (χ3v) is 4.02. The molecular weight excluding hydrogens is 214 g/mol. The van der Waals surface area contributed by atoms with E-state index in [1.165, 1.54) is 32.5 Å². The predicted molar refractivity (Wildman–Crippen MR) is 72.3 cm³/mol. The smallest absolute Gasteiger partial charge is 0.0446 e. The Bertz CT molecular complexity index is 193. The van der Waals surface area contributed by atoms with Crippen LogP contribution in [0.5, 0.6) is 0 Å². The number of likely N-dealkylation sites (N-methyl/N-ethyl adjacent to an activating group) is 2. The molecule has 1 heterocycles. The first-order chi connectivity index (χ1) is 8.21. The van der Waals surface area contributed by atoms with Gasteiger partial charge < -0.3 is 20.2 Å². The number of likely N-dealkylation sites (tertiary alicyclic amines) is 1. The number of nitrogens with one attached hydrogen (secondary N) is 1. The second-order valence-electron chi connectivity index (χ2n) is 5.10. The summed E-state index contributed by atoms with van der Waals surface area (Å²) in [6, 6.07) is 1.13. The summed E-state index contributed by atoms with van der Waals surface area (Å²) in [5.74, 6) is 0. The van der Waals surface area contributed by atoms with Crippen LogP contribution in [0.1, 0.15) is 26.2 Å². The molecule has 0 saturated carbocycles. The zero-order valence-corrected chi connectivity index (χ0v) is 11.7. The Labute approximate surface area is 106 Å². The normalized spacial score (nSPS) is 21.0. The lowest BCUT2D eigenvalue weighted by Crippen LogP contribution is -2.47. The fraction of sp³-hybridized carbons (Fsp3) is 1.00. The number of nitrogens with zero attached hydrogens (tertiary/aromatic N) is 2. The Morgan fingerprint density at radius 2 is 2.06 bits per heavy atom. The first kappa shape index (κ1) is 14.9. The molecule has 4 heteroatoms. The number of hydrogen-bond acceptors (Lipinski definition) is 4. The second-order valence-corrected chi connectivity index (χ2v) is 5.10. The molecule has 1 rings (SSSR count). The molecule has 1 aliphatic rings. The third kappa shape index (κ3) is 4.92. The minimum absolute atomic E-state index is 0.271. The van der Waals surface area contributed by atoms with Crippen LogP contribution < -0.4 is 5.32 Å². The molecule has 0 bridgehead atoms. The lowest BCUT2D eigenvalue weighted by molar-refractivity contribution is 0.120. The van der Waals surface area contributed by atoms with Crippen LogP contribution in [-0.2, 0) is 0 Å². The van der Waals surface area contributed by atoms with E-state index in [4.69, 9.17) is 5.11 Å². The fourth-order valence-electron chi connectivity index (χ4n) is 2.66. The highest BCUT2D eigenvalue weighted by Crippen LogP contribution is 2.15. The van der Waals surface area contributed by atoms with E-state index in [-0.39, 0.29) is 6.61 Å². The molecule has 0 radical (unpaired) electrons. The number of rotatable bonds is 7. The summed E-state index contributed by atoms with van der Waals surface area (Å²) in [6.07, 6.45) is 3.40. The highest BCUT2D eigenvalue weighted by Gasteiger charge is 2.22. The van der Waals surface area contributed by atoms with E-state index in [9.17, 15) is 0 Å². The minimum atomic E-state index is 0.271. The van der Waals surface area contributed by atoms with Crippen LogP contribution >= 0.6 is 0 Å². The van der Waals surface area contributed by atoms with Gasteiger partial charge in [-0.2, -0.15) is 0 Å². The lowest BCUT2D eigenvalue weighted by Gasteiger charge is -2.37. The van der Waals surface area contributed by atoms with E-state index in [0.717, 1.165) is 13.0 Å². The minimum Gasteiger partial charge on any atom is -0.396 e. The van der Waals surface area contributed by atoms with E-state index in [1.54, 1.807) is 0 Å². The SMILES string of the molecule is CCN1CCC(N(C)CC(CCO)NC)CC1. The predicted octanol–water partition coefficient (Wildman–Crippen LogP) is 0.373. The van der Waals surface area contributed by atoms with Crippen LogP contribution in [0, 0.1) is 0 Å². The summed E-state index contributed by atoms with van der Waals surface area (Å²) in [5, 5.41) is 12.3. The second kappa shape index (κ2) is 8.03. The molecule has 0 amide bonds. The average Bonchev–Trinajstić information content (AvgIpc) is 2.38. The zero-order chi connectivity index (χ0) is 12.7. The Morgan fingerprint density at radius 3 is 2.53 bits per heavy atom. The Kier molecular flexibility index (Phi) is 7.04. The van der Waals surface area contributed by atoms with Crippen molar-refractivity contribution in [3.05, 3.63) is 0 Å². The number of aliphatic hydroxyl groups is 1. The van der Waals surface area contributed by atoms with E-state index in [0.29, 0.717) is 12.1 Å². The van der Waals surface area contributed by atoms with Crippen molar-refractivity contribution in [2.24, 2.45) is 0 Å². The maximum absolute atomic E-state index is 8.99. The molecule has 0 aliphatic carbocycles. The summed E-state index contributed by atoms with van der Waals surface area (Å²) < 4.78 is 0. The van der Waals surface area contributed by atoms with E-state index in [1.807, 2.05) is 7.05 Å². The summed E-state index contributed by atoms with van der Waals surface area (Å²) in [4.78, 5) is 4.98. The van der Waals surface area contributed by atoms with Crippen LogP contribution in [0.3, 0.4) is 0 Å². The first-order valence-corrected chi connectivity index (χ1v) is 6.92. The van der Waals surface area contributed by atoms with Crippen molar-refractivity contribution >= 4 is 0 Å². The standard InChI is InChI=1S/C13H29N3O/c1-4-16-8-5-13(6-9-16)15(3)11-12(14-2)7-10-17/h12-14,17H,4-11H2,1-3H3. The lowest BCUT2D eigenvalue weighted by atomic mass is 10.0. The molecule has 1 saturated heterocycles. The van der Waals surface area contributed by atoms with Crippen molar-refractivity contribution in [3.8, 4) is 0 Å². The Balaban J connectivity index is 2.30. The Morgan fingerprint density at radius 1 is 1.41 bits per heavy atom. The largest absolute Gasteiger partial charge is 0.396 e. The molecule has 102 valence electrons. The first-order valence-electron chi connectivity index (χ1n) is 6.92. The molecule has 0 aromatic heterocycles. The third-order valence-electron chi connectivity index (χ3n) is 4.02.